The molecule has 0 heterocycles. The molecule has 0 amide bonds. The monoisotopic (exact) mass is 450 g/mol. The van der Waals surface area contributed by atoms with Crippen LogP contribution in [0.1, 0.15) is 42.5 Å². The first-order valence-corrected chi connectivity index (χ1v) is 12.3. The molecule has 2 heteroatoms. The van der Waals surface area contributed by atoms with Crippen LogP contribution in [0.25, 0.3) is 0 Å². The first kappa shape index (κ1) is 23.6. The molecular weight excluding hydrogens is 416 g/mol. The molecule has 4 rings (SSSR count). The third-order valence-corrected chi connectivity index (χ3v) is 6.47. The van der Waals surface area contributed by atoms with E-state index in [0.29, 0.717) is 13.2 Å². The molecule has 0 aliphatic rings. The summed E-state index contributed by atoms with van der Waals surface area (Å²) in [6.45, 7) is 5.40. The summed E-state index contributed by atoms with van der Waals surface area (Å²) in [5.41, 5.74) is 5.19. The molecule has 4 aromatic carbocycles. The molecule has 0 radical (unpaired) electrons. The van der Waals surface area contributed by atoms with Crippen LogP contribution in [0.15, 0.2) is 109 Å². The van der Waals surface area contributed by atoms with Crippen LogP contribution in [0.4, 0.5) is 0 Å². The van der Waals surface area contributed by atoms with Crippen molar-refractivity contribution in [3.63, 3.8) is 0 Å². The molecule has 0 unspecified atom stereocenters. The minimum Gasteiger partial charge on any atom is -0.494 e. The first-order valence-electron chi connectivity index (χ1n) is 12.3. The Bertz CT molecular complexity index is 1080. The van der Waals surface area contributed by atoms with Crippen molar-refractivity contribution in [3.05, 3.63) is 131 Å². The molecule has 0 aliphatic carbocycles. The van der Waals surface area contributed by atoms with Gasteiger partial charge in [-0.15, -0.1) is 0 Å². The third kappa shape index (κ3) is 5.69. The number of aryl methyl sites for hydroxylation is 1. The van der Waals surface area contributed by atoms with E-state index < -0.39 is 0 Å². The van der Waals surface area contributed by atoms with Crippen LogP contribution in [0.2, 0.25) is 0 Å². The van der Waals surface area contributed by atoms with Crippen molar-refractivity contribution in [3.8, 4) is 11.5 Å². The predicted molar refractivity (Wildman–Crippen MR) is 141 cm³/mol. The van der Waals surface area contributed by atoms with Crippen LogP contribution < -0.4 is 9.47 Å². The molecule has 0 aromatic heterocycles. The zero-order valence-corrected chi connectivity index (χ0v) is 20.2. The fourth-order valence-electron chi connectivity index (χ4n) is 4.76. The number of rotatable bonds is 11. The summed E-state index contributed by atoms with van der Waals surface area (Å²) in [5, 5.41) is 0. The molecule has 4 aromatic rings. The minimum atomic E-state index is -0.145. The van der Waals surface area contributed by atoms with Gasteiger partial charge in [0.1, 0.15) is 11.5 Å². The lowest BCUT2D eigenvalue weighted by atomic mass is 9.67. The Morgan fingerprint density at radius 1 is 0.529 bits per heavy atom. The molecule has 0 N–H and O–H groups in total. The summed E-state index contributed by atoms with van der Waals surface area (Å²) in [6.07, 6.45) is 2.90. The normalized spacial score (nSPS) is 11.2. The van der Waals surface area contributed by atoms with Crippen LogP contribution in [-0.2, 0) is 18.3 Å². The Labute approximate surface area is 204 Å². The van der Waals surface area contributed by atoms with E-state index >= 15 is 0 Å². The van der Waals surface area contributed by atoms with E-state index in [0.717, 1.165) is 30.8 Å². The Morgan fingerprint density at radius 2 is 0.971 bits per heavy atom. The molecular formula is C32H34O2. The van der Waals surface area contributed by atoms with Gasteiger partial charge in [-0.2, -0.15) is 0 Å². The molecule has 0 saturated heterocycles. The lowest BCUT2D eigenvalue weighted by Gasteiger charge is -2.36. The zero-order chi connectivity index (χ0) is 23.6. The van der Waals surface area contributed by atoms with Crippen LogP contribution >= 0.6 is 0 Å². The zero-order valence-electron chi connectivity index (χ0n) is 20.2. The average molecular weight is 451 g/mol. The summed E-state index contributed by atoms with van der Waals surface area (Å²) in [6, 6.07) is 39.1. The van der Waals surface area contributed by atoms with E-state index in [1.165, 1.54) is 22.3 Å². The number of benzene rings is 4. The van der Waals surface area contributed by atoms with Crippen molar-refractivity contribution in [2.24, 2.45) is 0 Å². The van der Waals surface area contributed by atoms with Crippen molar-refractivity contribution >= 4 is 0 Å². The second kappa shape index (κ2) is 11.6. The Balaban J connectivity index is 1.71. The lowest BCUT2D eigenvalue weighted by Crippen LogP contribution is -2.31. The van der Waals surface area contributed by atoms with E-state index in [4.69, 9.17) is 9.47 Å². The van der Waals surface area contributed by atoms with E-state index in [1.807, 2.05) is 13.8 Å². The van der Waals surface area contributed by atoms with Crippen molar-refractivity contribution < 1.29 is 9.47 Å². The number of ether oxygens (including phenoxy) is 2. The molecule has 0 atom stereocenters. The summed E-state index contributed by atoms with van der Waals surface area (Å²) >= 11 is 0. The molecule has 2 nitrogen and oxygen atoms in total. The van der Waals surface area contributed by atoms with E-state index in [9.17, 15) is 0 Å². The highest BCUT2D eigenvalue weighted by Gasteiger charge is 2.34. The van der Waals surface area contributed by atoms with Gasteiger partial charge in [-0.1, -0.05) is 84.9 Å². The van der Waals surface area contributed by atoms with Gasteiger partial charge in [0.2, 0.25) is 0 Å². The van der Waals surface area contributed by atoms with Crippen molar-refractivity contribution in [1.82, 2.24) is 0 Å². The summed E-state index contributed by atoms with van der Waals surface area (Å²) in [5.74, 6) is 1.85. The topological polar surface area (TPSA) is 18.5 Å². The van der Waals surface area contributed by atoms with E-state index in [1.54, 1.807) is 0 Å². The SMILES string of the molecule is CCOc1ccc(CCC(Cc2ccc(OCC)cc2)(c2ccccc2)c2ccccc2)cc1. The molecule has 0 fully saturated rings. The van der Waals surface area contributed by atoms with Gasteiger partial charge in [0.15, 0.2) is 0 Å². The van der Waals surface area contributed by atoms with Crippen LogP contribution in [0, 0.1) is 0 Å². The van der Waals surface area contributed by atoms with Crippen LogP contribution in [0.3, 0.4) is 0 Å². The van der Waals surface area contributed by atoms with Gasteiger partial charge >= 0.3 is 0 Å². The van der Waals surface area contributed by atoms with Gasteiger partial charge < -0.3 is 9.47 Å². The van der Waals surface area contributed by atoms with Gasteiger partial charge in [0.05, 0.1) is 13.2 Å². The van der Waals surface area contributed by atoms with Gasteiger partial charge in [0.25, 0.3) is 0 Å². The smallest absolute Gasteiger partial charge is 0.119 e. The highest BCUT2D eigenvalue weighted by Crippen LogP contribution is 2.40. The largest absolute Gasteiger partial charge is 0.494 e. The second-order valence-electron chi connectivity index (χ2n) is 8.64. The van der Waals surface area contributed by atoms with Crippen LogP contribution in [0.5, 0.6) is 11.5 Å². The Hall–Kier alpha value is -3.52. The average Bonchev–Trinajstić information content (AvgIpc) is 2.90. The Kier molecular flexibility index (Phi) is 8.04. The molecule has 0 aliphatic heterocycles. The molecule has 0 bridgehead atoms. The van der Waals surface area contributed by atoms with Gasteiger partial charge in [-0.25, -0.2) is 0 Å². The van der Waals surface area contributed by atoms with E-state index in [-0.39, 0.29) is 5.41 Å². The molecule has 174 valence electrons. The standard InChI is InChI=1S/C32H34O2/c1-3-33-30-19-15-26(16-20-30)23-24-32(28-11-7-5-8-12-28,29-13-9-6-10-14-29)25-27-17-21-31(22-18-27)34-4-2/h5-22H,3-4,23-25H2,1-2H3. The molecule has 0 saturated carbocycles. The highest BCUT2D eigenvalue weighted by atomic mass is 16.5. The maximum atomic E-state index is 5.68. The van der Waals surface area contributed by atoms with Crippen molar-refractivity contribution in [2.75, 3.05) is 13.2 Å². The third-order valence-electron chi connectivity index (χ3n) is 6.47. The van der Waals surface area contributed by atoms with Gasteiger partial charge in [0, 0.05) is 5.41 Å². The molecule has 34 heavy (non-hydrogen) atoms. The fourth-order valence-corrected chi connectivity index (χ4v) is 4.76. The van der Waals surface area contributed by atoms with Crippen molar-refractivity contribution in [1.29, 1.82) is 0 Å². The minimum absolute atomic E-state index is 0.145. The fraction of sp³-hybridized carbons (Fsp3) is 0.250. The maximum absolute atomic E-state index is 5.68. The summed E-state index contributed by atoms with van der Waals surface area (Å²) < 4.78 is 11.3. The van der Waals surface area contributed by atoms with Gasteiger partial charge in [-0.3, -0.25) is 0 Å². The van der Waals surface area contributed by atoms with Crippen LogP contribution in [-0.4, -0.2) is 13.2 Å². The van der Waals surface area contributed by atoms with Gasteiger partial charge in [-0.05, 0) is 79.6 Å². The summed E-state index contributed by atoms with van der Waals surface area (Å²) in [4.78, 5) is 0. The number of hydrogen-bond acceptors (Lipinski definition) is 2. The number of hydrogen-bond donors (Lipinski definition) is 0. The first-order chi connectivity index (χ1) is 16.7. The summed E-state index contributed by atoms with van der Waals surface area (Å²) in [7, 11) is 0. The van der Waals surface area contributed by atoms with Crippen molar-refractivity contribution in [2.45, 2.75) is 38.5 Å². The quantitative estimate of drug-likeness (QED) is 0.234. The van der Waals surface area contributed by atoms with E-state index in [2.05, 4.69) is 109 Å². The Morgan fingerprint density at radius 3 is 1.41 bits per heavy atom. The highest BCUT2D eigenvalue weighted by molar-refractivity contribution is 5.43. The predicted octanol–water partition coefficient (Wildman–Crippen LogP) is 7.65. The lowest BCUT2D eigenvalue weighted by molar-refractivity contribution is 0.340. The second-order valence-corrected chi connectivity index (χ2v) is 8.64. The molecule has 0 spiro atoms. The maximum Gasteiger partial charge on any atom is 0.119 e.